The Morgan fingerprint density at radius 3 is 1.34 bits per heavy atom. The monoisotopic (exact) mass is 651 g/mol. The van der Waals surface area contributed by atoms with Gasteiger partial charge in [-0.1, -0.05) is 0 Å². The Morgan fingerprint density at radius 2 is 1.03 bits per heavy atom. The molecule has 2 unspecified atom stereocenters. The summed E-state index contributed by atoms with van der Waals surface area (Å²) in [5, 5.41) is 0. The number of allylic oxidation sites excluding steroid dienone is 2. The van der Waals surface area contributed by atoms with Crippen LogP contribution in [-0.4, -0.2) is 5.98 Å². The molecule has 2 aromatic rings. The first-order valence-electron chi connectivity index (χ1n) is 12.2. The van der Waals surface area contributed by atoms with Crippen LogP contribution in [0.3, 0.4) is 0 Å². The van der Waals surface area contributed by atoms with Crippen LogP contribution in [0.4, 0.5) is 0 Å². The maximum atomic E-state index is 8.36. The summed E-state index contributed by atoms with van der Waals surface area (Å²) in [6, 6.07) is 9.09. The fraction of sp³-hybridized carbons (Fsp3) is 0.429. The molecule has 4 rings (SSSR count). The van der Waals surface area contributed by atoms with E-state index in [1.54, 1.807) is 0 Å². The summed E-state index contributed by atoms with van der Waals surface area (Å²) < 4.78 is 0.459. The Balaban J connectivity index is 2.09. The second kappa shape index (κ2) is 8.36. The summed E-state index contributed by atoms with van der Waals surface area (Å²) in [6.07, 6.45) is 6.94. The molecule has 171 valence electrons. The van der Waals surface area contributed by atoms with E-state index in [9.17, 15) is 0 Å². The normalized spacial score (nSPS) is 21.2. The Labute approximate surface area is 204 Å². The third-order valence-corrected chi connectivity index (χ3v) is 81.1. The maximum absolute atomic E-state index is 8.36. The predicted molar refractivity (Wildman–Crippen MR) is 144 cm³/mol. The Bertz CT molecular complexity index is 1090. The van der Waals surface area contributed by atoms with E-state index in [1.165, 1.54) is 55.7 Å². The van der Waals surface area contributed by atoms with Crippen molar-refractivity contribution in [1.82, 2.24) is 0 Å². The molecule has 0 aromatic heterocycles. The molecule has 0 nitrogen and oxygen atoms in total. The molecular formula is C28H37Cl2HfSi. The van der Waals surface area contributed by atoms with Gasteiger partial charge in [-0.3, -0.25) is 0 Å². The van der Waals surface area contributed by atoms with Gasteiger partial charge in [-0.25, -0.2) is 0 Å². The van der Waals surface area contributed by atoms with E-state index in [4.69, 9.17) is 17.2 Å². The molecule has 2 aromatic carbocycles. The van der Waals surface area contributed by atoms with Crippen LogP contribution in [0.25, 0.3) is 12.2 Å². The number of aryl methyl sites for hydroxylation is 4. The van der Waals surface area contributed by atoms with Crippen LogP contribution in [0.1, 0.15) is 78.5 Å². The van der Waals surface area contributed by atoms with Crippen LogP contribution in [-0.2, 0) is 15.3 Å². The predicted octanol–water partition coefficient (Wildman–Crippen LogP) is 9.30. The van der Waals surface area contributed by atoms with Gasteiger partial charge in [-0.15, -0.1) is 0 Å². The van der Waals surface area contributed by atoms with E-state index in [2.05, 4.69) is 91.1 Å². The van der Waals surface area contributed by atoms with Crippen molar-refractivity contribution in [2.45, 2.75) is 74.8 Å². The van der Waals surface area contributed by atoms with Gasteiger partial charge in [0.15, 0.2) is 0 Å². The van der Waals surface area contributed by atoms with Gasteiger partial charge in [-0.2, -0.15) is 0 Å². The molecule has 32 heavy (non-hydrogen) atoms. The zero-order valence-corrected chi connectivity index (χ0v) is 27.1. The molecule has 2 atom stereocenters. The molecule has 2 aliphatic rings. The quantitative estimate of drug-likeness (QED) is 0.283. The van der Waals surface area contributed by atoms with Gasteiger partial charge in [0.25, 0.3) is 0 Å². The number of hydrogen-bond donors (Lipinski definition) is 0. The van der Waals surface area contributed by atoms with Crippen LogP contribution >= 0.6 is 17.2 Å². The van der Waals surface area contributed by atoms with E-state index in [0.717, 1.165) is 12.8 Å². The van der Waals surface area contributed by atoms with Crippen molar-refractivity contribution in [3.8, 4) is 0 Å². The Kier molecular flexibility index (Phi) is 6.46. The molecule has 0 saturated carbocycles. The zero-order chi connectivity index (χ0) is 23.6. The fourth-order valence-corrected chi connectivity index (χ4v) is 51.6. The molecule has 0 amide bonds. The summed E-state index contributed by atoms with van der Waals surface area (Å²) in [6.45, 7) is 18.5. The van der Waals surface area contributed by atoms with E-state index < -0.39 is 21.3 Å². The van der Waals surface area contributed by atoms with Crippen molar-refractivity contribution < 1.29 is 15.3 Å². The molecule has 0 bridgehead atoms. The molecular weight excluding hydrogens is 614 g/mol. The van der Waals surface area contributed by atoms with E-state index in [-0.39, 0.29) is 7.35 Å². The average molecular weight is 651 g/mol. The molecule has 0 fully saturated rings. The van der Waals surface area contributed by atoms with E-state index in [1.807, 2.05) is 0 Å². The molecule has 0 saturated heterocycles. The number of rotatable bonds is 5. The summed E-state index contributed by atoms with van der Waals surface area (Å²) in [5.74, 6) is -1.45. The SMILES string of the molecule is CCC1=Cc2c(C)ccc(C)c2[CH]1[Hf]([Cl])([Cl])([CH]1C(CC)=Cc2c(C)ccc(C)c21)[SiH](C)C. The van der Waals surface area contributed by atoms with Crippen LogP contribution in [0.5, 0.6) is 0 Å². The molecule has 0 N–H and O–H groups in total. The van der Waals surface area contributed by atoms with E-state index >= 15 is 0 Å². The second-order valence-corrected chi connectivity index (χ2v) is 69.7. The Morgan fingerprint density at radius 1 is 0.688 bits per heavy atom. The average Bonchev–Trinajstić information content (AvgIpc) is 3.35. The summed E-state index contributed by atoms with van der Waals surface area (Å²) in [4.78, 5) is 0. The van der Waals surface area contributed by atoms with Gasteiger partial charge in [0.1, 0.15) is 0 Å². The van der Waals surface area contributed by atoms with Crippen molar-refractivity contribution in [2.24, 2.45) is 0 Å². The van der Waals surface area contributed by atoms with Crippen molar-refractivity contribution in [3.05, 3.63) is 79.9 Å². The number of hydrogen-bond acceptors (Lipinski definition) is 0. The second-order valence-electron chi connectivity index (χ2n) is 10.4. The first kappa shape index (κ1) is 24.7. The van der Waals surface area contributed by atoms with Crippen LogP contribution in [0, 0.1) is 27.7 Å². The standard InChI is InChI=1S/2C13H15.C2H7Si.2ClH.Hf/c2*1-4-11-7-12-9(2)5-6-10(3)13(12)8-11;1-3-2;;;/h2*5-8H,4H2,1-3H3;3H,1-2H3;2*1H;/q;;;;;+2/p-2. The topological polar surface area (TPSA) is 0 Å². The number of benzene rings is 2. The van der Waals surface area contributed by atoms with Gasteiger partial charge in [0, 0.05) is 0 Å². The van der Waals surface area contributed by atoms with Crippen molar-refractivity contribution >= 4 is 35.3 Å². The summed E-state index contributed by atoms with van der Waals surface area (Å²) >= 11 is -4.68. The van der Waals surface area contributed by atoms with Gasteiger partial charge in [0.05, 0.1) is 0 Å². The number of halogens is 2. The van der Waals surface area contributed by atoms with Crippen molar-refractivity contribution in [2.75, 3.05) is 0 Å². The third-order valence-electron chi connectivity index (χ3n) is 8.45. The summed E-state index contributed by atoms with van der Waals surface area (Å²) in [7, 11) is 16.7. The van der Waals surface area contributed by atoms with Crippen molar-refractivity contribution in [1.29, 1.82) is 0 Å². The van der Waals surface area contributed by atoms with Crippen molar-refractivity contribution in [3.63, 3.8) is 0 Å². The molecule has 0 heterocycles. The van der Waals surface area contributed by atoms with Gasteiger partial charge in [-0.05, 0) is 0 Å². The van der Waals surface area contributed by atoms with Gasteiger partial charge < -0.3 is 0 Å². The Hall–Kier alpha value is -0.413. The minimum absolute atomic E-state index is 0.229. The van der Waals surface area contributed by atoms with Gasteiger partial charge >= 0.3 is 205 Å². The fourth-order valence-electron chi connectivity index (χ4n) is 6.47. The number of fused-ring (bicyclic) bond motifs is 2. The molecule has 0 radical (unpaired) electrons. The summed E-state index contributed by atoms with van der Waals surface area (Å²) in [5.41, 5.74) is 14.1. The molecule has 0 aliphatic heterocycles. The first-order chi connectivity index (χ1) is 15.0. The molecule has 0 spiro atoms. The zero-order valence-electron chi connectivity index (χ0n) is 20.9. The van der Waals surface area contributed by atoms with E-state index in [0.29, 0.717) is 0 Å². The van der Waals surface area contributed by atoms with Crippen LogP contribution in [0.15, 0.2) is 35.4 Å². The third kappa shape index (κ3) is 3.30. The van der Waals surface area contributed by atoms with Crippen LogP contribution in [0.2, 0.25) is 13.1 Å². The minimum atomic E-state index is -4.68. The molecule has 2 aliphatic carbocycles. The van der Waals surface area contributed by atoms with Gasteiger partial charge in [0.2, 0.25) is 0 Å². The molecule has 4 heteroatoms. The first-order valence-corrected chi connectivity index (χ1v) is 34.3. The van der Waals surface area contributed by atoms with Crippen LogP contribution < -0.4 is 0 Å².